The van der Waals surface area contributed by atoms with Gasteiger partial charge in [0.2, 0.25) is 5.95 Å². The lowest BCUT2D eigenvalue weighted by Gasteiger charge is -2.28. The average molecular weight is 535 g/mol. The van der Waals surface area contributed by atoms with E-state index in [1.54, 1.807) is 28.9 Å². The van der Waals surface area contributed by atoms with Crippen molar-refractivity contribution in [3.8, 4) is 11.4 Å². The van der Waals surface area contributed by atoms with Crippen LogP contribution >= 0.6 is 11.3 Å². The van der Waals surface area contributed by atoms with E-state index in [2.05, 4.69) is 14.9 Å². The number of fused-ring (bicyclic) bond motifs is 1. The second-order valence-electron chi connectivity index (χ2n) is 8.82. The van der Waals surface area contributed by atoms with Crippen molar-refractivity contribution in [1.29, 1.82) is 0 Å². The number of anilines is 3. The third-order valence-electron chi connectivity index (χ3n) is 6.14. The van der Waals surface area contributed by atoms with Crippen LogP contribution in [-0.2, 0) is 11.3 Å². The van der Waals surface area contributed by atoms with E-state index in [0.717, 1.165) is 20.9 Å². The maximum Gasteiger partial charge on any atom is 0.277 e. The SMILES string of the molecule is CC(=O)c1cc(-c2nc(N3CCOCC3)c3sc(CN(C)c4ncc(C(=O)NO)cn4)cc3n2)ccc1N. The summed E-state index contributed by atoms with van der Waals surface area (Å²) < 4.78 is 6.50. The minimum absolute atomic E-state index is 0.119. The zero-order chi connectivity index (χ0) is 26.8. The topological polar surface area (TPSA) is 160 Å². The molecule has 1 aliphatic rings. The summed E-state index contributed by atoms with van der Waals surface area (Å²) in [6.45, 7) is 4.63. The molecule has 0 radical (unpaired) electrons. The lowest BCUT2D eigenvalue weighted by atomic mass is 10.1. The van der Waals surface area contributed by atoms with Crippen LogP contribution in [-0.4, -0.2) is 70.2 Å². The summed E-state index contributed by atoms with van der Waals surface area (Å²) in [4.78, 5) is 46.9. The summed E-state index contributed by atoms with van der Waals surface area (Å²) in [7, 11) is 1.85. The van der Waals surface area contributed by atoms with Gasteiger partial charge in [-0.05, 0) is 31.2 Å². The van der Waals surface area contributed by atoms with E-state index in [1.807, 2.05) is 24.1 Å². The molecule has 4 heterocycles. The van der Waals surface area contributed by atoms with Crippen molar-refractivity contribution in [2.75, 3.05) is 48.9 Å². The Labute approximate surface area is 222 Å². The molecular weight excluding hydrogens is 508 g/mol. The minimum atomic E-state index is -0.676. The van der Waals surface area contributed by atoms with Gasteiger partial charge in [-0.3, -0.25) is 14.8 Å². The number of benzene rings is 1. The molecule has 3 aromatic heterocycles. The number of nitrogens with zero attached hydrogens (tertiary/aromatic N) is 6. The number of hydrogen-bond acceptors (Lipinski definition) is 12. The number of nitrogen functional groups attached to an aromatic ring is 1. The molecular formula is C25H26N8O4S. The molecule has 0 atom stereocenters. The number of nitrogens with two attached hydrogens (primary N) is 1. The summed E-state index contributed by atoms with van der Waals surface area (Å²) in [5.74, 6) is 0.970. The molecule has 4 N–H and O–H groups in total. The summed E-state index contributed by atoms with van der Waals surface area (Å²) >= 11 is 1.59. The lowest BCUT2D eigenvalue weighted by molar-refractivity contribution is 0.0705. The van der Waals surface area contributed by atoms with Crippen LogP contribution < -0.4 is 21.0 Å². The Hall–Kier alpha value is -4.20. The molecule has 0 saturated carbocycles. The van der Waals surface area contributed by atoms with E-state index in [1.165, 1.54) is 19.3 Å². The fraction of sp³-hybridized carbons (Fsp3) is 0.280. The molecule has 13 heteroatoms. The molecule has 0 bridgehead atoms. The molecule has 1 fully saturated rings. The monoisotopic (exact) mass is 534 g/mol. The molecule has 1 aromatic carbocycles. The Morgan fingerprint density at radius 1 is 1.18 bits per heavy atom. The van der Waals surface area contributed by atoms with Gasteiger partial charge in [-0.1, -0.05) is 0 Å². The van der Waals surface area contributed by atoms with Gasteiger partial charge in [0.1, 0.15) is 0 Å². The number of hydrogen-bond donors (Lipinski definition) is 3. The van der Waals surface area contributed by atoms with Crippen LogP contribution in [0, 0.1) is 0 Å². The number of amides is 1. The average Bonchev–Trinajstić information content (AvgIpc) is 3.35. The van der Waals surface area contributed by atoms with Crippen LogP contribution in [0.5, 0.6) is 0 Å². The number of ketones is 1. The van der Waals surface area contributed by atoms with Gasteiger partial charge in [0.15, 0.2) is 17.4 Å². The van der Waals surface area contributed by atoms with E-state index in [9.17, 15) is 9.59 Å². The number of carbonyl (C=O) groups excluding carboxylic acids is 2. The van der Waals surface area contributed by atoms with Crippen molar-refractivity contribution >= 4 is 50.7 Å². The standard InChI is InChI=1S/C25H26N8O4S/c1-14(34)18-9-15(3-4-19(18)26)22-29-20-10-17(38-21(20)23(30-22)33-5-7-37-8-6-33)13-32(2)25-27-11-16(12-28-25)24(35)31-36/h3-4,9-12,36H,5-8,13,26H2,1-2H3,(H,31,35). The van der Waals surface area contributed by atoms with Gasteiger partial charge >= 0.3 is 0 Å². The normalized spacial score (nSPS) is 13.5. The van der Waals surface area contributed by atoms with E-state index >= 15 is 0 Å². The zero-order valence-electron chi connectivity index (χ0n) is 20.8. The molecule has 0 aliphatic carbocycles. The first-order chi connectivity index (χ1) is 18.3. The number of rotatable bonds is 7. The fourth-order valence-corrected chi connectivity index (χ4v) is 5.33. The number of hydroxylamine groups is 1. The largest absolute Gasteiger partial charge is 0.398 e. The van der Waals surface area contributed by atoms with Gasteiger partial charge in [0.25, 0.3) is 5.91 Å². The van der Waals surface area contributed by atoms with Gasteiger partial charge in [-0.2, -0.15) is 0 Å². The molecule has 5 rings (SSSR count). The van der Waals surface area contributed by atoms with Crippen molar-refractivity contribution in [2.45, 2.75) is 13.5 Å². The summed E-state index contributed by atoms with van der Waals surface area (Å²) in [5, 5.41) is 8.78. The Morgan fingerprint density at radius 2 is 1.92 bits per heavy atom. The van der Waals surface area contributed by atoms with Crippen LogP contribution in [0.3, 0.4) is 0 Å². The number of Topliss-reactive ketones (excluding diaryl/α,β-unsaturated/α-hetero) is 1. The maximum absolute atomic E-state index is 12.1. The minimum Gasteiger partial charge on any atom is -0.398 e. The molecule has 196 valence electrons. The fourth-order valence-electron chi connectivity index (χ4n) is 4.17. The number of thiophene rings is 1. The van der Waals surface area contributed by atoms with Crippen molar-refractivity contribution in [3.63, 3.8) is 0 Å². The highest BCUT2D eigenvalue weighted by Crippen LogP contribution is 2.35. The first-order valence-corrected chi connectivity index (χ1v) is 12.7. The molecule has 1 aliphatic heterocycles. The van der Waals surface area contributed by atoms with Crippen LogP contribution in [0.25, 0.3) is 21.6 Å². The molecule has 0 unspecified atom stereocenters. The second kappa shape index (κ2) is 10.7. The van der Waals surface area contributed by atoms with Gasteiger partial charge in [0, 0.05) is 54.2 Å². The second-order valence-corrected chi connectivity index (χ2v) is 9.96. The molecule has 38 heavy (non-hydrogen) atoms. The van der Waals surface area contributed by atoms with Gasteiger partial charge in [0.05, 0.1) is 35.5 Å². The van der Waals surface area contributed by atoms with Crippen LogP contribution in [0.2, 0.25) is 0 Å². The third kappa shape index (κ3) is 5.11. The Kier molecular flexibility index (Phi) is 7.13. The summed E-state index contributed by atoms with van der Waals surface area (Å²) in [6.07, 6.45) is 2.71. The molecule has 4 aromatic rings. The lowest BCUT2D eigenvalue weighted by Crippen LogP contribution is -2.36. The van der Waals surface area contributed by atoms with E-state index in [4.69, 9.17) is 25.6 Å². The van der Waals surface area contributed by atoms with Crippen molar-refractivity contribution < 1.29 is 19.5 Å². The highest BCUT2D eigenvalue weighted by atomic mass is 32.1. The quantitative estimate of drug-likeness (QED) is 0.138. The number of nitrogens with one attached hydrogen (secondary N) is 1. The predicted molar refractivity (Wildman–Crippen MR) is 144 cm³/mol. The highest BCUT2D eigenvalue weighted by Gasteiger charge is 2.21. The Bertz CT molecular complexity index is 1500. The van der Waals surface area contributed by atoms with Gasteiger partial charge < -0.3 is 20.3 Å². The maximum atomic E-state index is 12.1. The van der Waals surface area contributed by atoms with Crippen LogP contribution in [0.15, 0.2) is 36.7 Å². The van der Waals surface area contributed by atoms with Crippen molar-refractivity contribution in [3.05, 3.63) is 52.7 Å². The van der Waals surface area contributed by atoms with Crippen LogP contribution in [0.1, 0.15) is 32.5 Å². The first kappa shape index (κ1) is 25.4. The third-order valence-corrected chi connectivity index (χ3v) is 7.25. The molecule has 12 nitrogen and oxygen atoms in total. The van der Waals surface area contributed by atoms with E-state index in [-0.39, 0.29) is 11.3 Å². The Balaban J connectivity index is 1.51. The smallest absolute Gasteiger partial charge is 0.277 e. The summed E-state index contributed by atoms with van der Waals surface area (Å²) in [5.41, 5.74) is 10.1. The van der Waals surface area contributed by atoms with Gasteiger partial charge in [-0.25, -0.2) is 25.4 Å². The molecule has 1 amide bonds. The van der Waals surface area contributed by atoms with E-state index < -0.39 is 5.91 Å². The highest BCUT2D eigenvalue weighted by molar-refractivity contribution is 7.19. The van der Waals surface area contributed by atoms with E-state index in [0.29, 0.717) is 61.4 Å². The molecule has 0 spiro atoms. The number of aromatic nitrogens is 4. The predicted octanol–water partition coefficient (Wildman–Crippen LogP) is 2.53. The molecule has 1 saturated heterocycles. The van der Waals surface area contributed by atoms with Crippen molar-refractivity contribution in [2.24, 2.45) is 0 Å². The number of morpholine rings is 1. The van der Waals surface area contributed by atoms with Crippen LogP contribution in [0.4, 0.5) is 17.5 Å². The van der Waals surface area contributed by atoms with Crippen molar-refractivity contribution in [1.82, 2.24) is 25.4 Å². The van der Waals surface area contributed by atoms with Gasteiger partial charge in [-0.15, -0.1) is 11.3 Å². The zero-order valence-corrected chi connectivity index (χ0v) is 21.7. The first-order valence-electron chi connectivity index (χ1n) is 11.9. The number of carbonyl (C=O) groups is 2. The Morgan fingerprint density at radius 3 is 2.61 bits per heavy atom. The number of ether oxygens (including phenoxy) is 1. The summed E-state index contributed by atoms with van der Waals surface area (Å²) in [6, 6.07) is 7.28.